The highest BCUT2D eigenvalue weighted by atomic mass is 35.5. The standard InChI is InChI=1S/C26H29ClN2O5/c1-16(29-15-25(33)20-12-22(30)14-23(31)13-20)9-17-3-2-4-19(10-17)26(34)28-8-7-18-11-21(27)5-6-24(18)32/h2-6,10-14,16,25,29-33H,7-9,15H2,1H3,(H,28,34)/t16-,25?/m1/s1. The van der Waals surface area contributed by atoms with Crippen molar-refractivity contribution in [2.24, 2.45) is 0 Å². The summed E-state index contributed by atoms with van der Waals surface area (Å²) >= 11 is 5.96. The second-order valence-corrected chi connectivity index (χ2v) is 8.73. The molecule has 0 saturated heterocycles. The molecule has 0 spiro atoms. The molecule has 1 amide bonds. The number of benzene rings is 3. The van der Waals surface area contributed by atoms with Gasteiger partial charge in [-0.1, -0.05) is 23.7 Å². The van der Waals surface area contributed by atoms with Crippen LogP contribution < -0.4 is 10.6 Å². The van der Waals surface area contributed by atoms with Crippen molar-refractivity contribution in [1.29, 1.82) is 0 Å². The number of nitrogens with one attached hydrogen (secondary N) is 2. The van der Waals surface area contributed by atoms with Gasteiger partial charge in [-0.15, -0.1) is 0 Å². The van der Waals surface area contributed by atoms with Gasteiger partial charge in [-0.2, -0.15) is 0 Å². The highest BCUT2D eigenvalue weighted by Crippen LogP contribution is 2.25. The second-order valence-electron chi connectivity index (χ2n) is 8.29. The number of aliphatic hydroxyl groups is 1. The van der Waals surface area contributed by atoms with Gasteiger partial charge < -0.3 is 31.1 Å². The fraction of sp³-hybridized carbons (Fsp3) is 0.269. The number of amides is 1. The van der Waals surface area contributed by atoms with E-state index < -0.39 is 6.10 Å². The highest BCUT2D eigenvalue weighted by Gasteiger charge is 2.13. The van der Waals surface area contributed by atoms with Crippen LogP contribution in [0.4, 0.5) is 0 Å². The van der Waals surface area contributed by atoms with Crippen LogP contribution in [0.25, 0.3) is 0 Å². The summed E-state index contributed by atoms with van der Waals surface area (Å²) in [5, 5.41) is 46.0. The molecule has 3 rings (SSSR count). The van der Waals surface area contributed by atoms with Crippen molar-refractivity contribution in [3.63, 3.8) is 0 Å². The van der Waals surface area contributed by atoms with Gasteiger partial charge in [-0.25, -0.2) is 0 Å². The first-order valence-electron chi connectivity index (χ1n) is 11.0. The smallest absolute Gasteiger partial charge is 0.251 e. The maximum Gasteiger partial charge on any atom is 0.251 e. The average molecular weight is 485 g/mol. The van der Waals surface area contributed by atoms with Crippen LogP contribution in [0.1, 0.15) is 40.1 Å². The maximum atomic E-state index is 12.6. The average Bonchev–Trinajstić information content (AvgIpc) is 2.79. The Balaban J connectivity index is 1.50. The van der Waals surface area contributed by atoms with E-state index >= 15 is 0 Å². The number of carbonyl (C=O) groups is 1. The Morgan fingerprint density at radius 3 is 2.47 bits per heavy atom. The third-order valence-electron chi connectivity index (χ3n) is 5.42. The number of phenolic OH excluding ortho intramolecular Hbond substituents is 3. The molecule has 34 heavy (non-hydrogen) atoms. The summed E-state index contributed by atoms with van der Waals surface area (Å²) in [5.41, 5.74) is 2.59. The number of halogens is 1. The van der Waals surface area contributed by atoms with Crippen molar-refractivity contribution >= 4 is 17.5 Å². The normalized spacial score (nSPS) is 12.8. The predicted molar refractivity (Wildman–Crippen MR) is 131 cm³/mol. The minimum Gasteiger partial charge on any atom is -0.508 e. The number of hydrogen-bond acceptors (Lipinski definition) is 6. The van der Waals surface area contributed by atoms with Crippen molar-refractivity contribution in [2.75, 3.05) is 13.1 Å². The molecule has 0 heterocycles. The third-order valence-corrected chi connectivity index (χ3v) is 5.66. The van der Waals surface area contributed by atoms with Gasteiger partial charge in [0.05, 0.1) is 6.10 Å². The first-order chi connectivity index (χ1) is 16.2. The number of aromatic hydroxyl groups is 3. The third kappa shape index (κ3) is 7.38. The molecular formula is C26H29ClN2O5. The van der Waals surface area contributed by atoms with Crippen LogP contribution in [0.3, 0.4) is 0 Å². The van der Waals surface area contributed by atoms with Crippen LogP contribution >= 0.6 is 11.6 Å². The quantitative estimate of drug-likeness (QED) is 0.261. The van der Waals surface area contributed by atoms with Crippen molar-refractivity contribution in [2.45, 2.75) is 31.9 Å². The Kier molecular flexibility index (Phi) is 8.76. The maximum absolute atomic E-state index is 12.6. The lowest BCUT2D eigenvalue weighted by atomic mass is 10.0. The largest absolute Gasteiger partial charge is 0.508 e. The minimum atomic E-state index is -0.892. The fourth-order valence-electron chi connectivity index (χ4n) is 3.67. The molecule has 0 aliphatic heterocycles. The van der Waals surface area contributed by atoms with E-state index in [2.05, 4.69) is 10.6 Å². The molecule has 0 radical (unpaired) electrons. The van der Waals surface area contributed by atoms with Crippen LogP contribution in [-0.2, 0) is 12.8 Å². The summed E-state index contributed by atoms with van der Waals surface area (Å²) in [4.78, 5) is 12.6. The van der Waals surface area contributed by atoms with Crippen LogP contribution in [-0.4, -0.2) is 45.5 Å². The zero-order valence-electron chi connectivity index (χ0n) is 18.8. The van der Waals surface area contributed by atoms with Gasteiger partial charge in [0, 0.05) is 35.8 Å². The predicted octanol–water partition coefficient (Wildman–Crippen LogP) is 3.68. The molecule has 0 aromatic heterocycles. The van der Waals surface area contributed by atoms with Crippen LogP contribution in [0, 0.1) is 0 Å². The lowest BCUT2D eigenvalue weighted by molar-refractivity contribution is 0.0954. The van der Waals surface area contributed by atoms with E-state index in [1.807, 2.05) is 25.1 Å². The van der Waals surface area contributed by atoms with Gasteiger partial charge in [-0.3, -0.25) is 4.79 Å². The first kappa shape index (κ1) is 25.4. The van der Waals surface area contributed by atoms with E-state index in [-0.39, 0.29) is 35.7 Å². The van der Waals surface area contributed by atoms with E-state index in [1.54, 1.807) is 18.2 Å². The van der Waals surface area contributed by atoms with E-state index in [0.29, 0.717) is 41.1 Å². The Labute approximate surface area is 203 Å². The van der Waals surface area contributed by atoms with Crippen molar-refractivity contribution in [3.05, 3.63) is 87.9 Å². The Morgan fingerprint density at radius 1 is 1.00 bits per heavy atom. The van der Waals surface area contributed by atoms with Crippen molar-refractivity contribution < 1.29 is 25.2 Å². The van der Waals surface area contributed by atoms with Crippen LogP contribution in [0.2, 0.25) is 5.02 Å². The Morgan fingerprint density at radius 2 is 1.74 bits per heavy atom. The summed E-state index contributed by atoms with van der Waals surface area (Å²) in [6.07, 6.45) is 0.199. The molecule has 3 aromatic carbocycles. The zero-order valence-corrected chi connectivity index (χ0v) is 19.6. The lowest BCUT2D eigenvalue weighted by Crippen LogP contribution is -2.32. The first-order valence-corrected chi connectivity index (χ1v) is 11.4. The Bertz CT molecular complexity index is 1120. The molecule has 3 aromatic rings. The Hall–Kier alpha value is -3.26. The van der Waals surface area contributed by atoms with Gasteiger partial charge in [0.1, 0.15) is 17.2 Å². The highest BCUT2D eigenvalue weighted by molar-refractivity contribution is 6.30. The lowest BCUT2D eigenvalue weighted by Gasteiger charge is -2.18. The fourth-order valence-corrected chi connectivity index (χ4v) is 3.87. The van der Waals surface area contributed by atoms with Crippen molar-refractivity contribution in [3.8, 4) is 17.2 Å². The number of phenols is 3. The zero-order chi connectivity index (χ0) is 24.7. The molecule has 6 N–H and O–H groups in total. The summed E-state index contributed by atoms with van der Waals surface area (Å²) in [5.74, 6) is -0.278. The summed E-state index contributed by atoms with van der Waals surface area (Å²) < 4.78 is 0. The number of carbonyl (C=O) groups excluding carboxylic acids is 1. The van der Waals surface area contributed by atoms with Crippen molar-refractivity contribution in [1.82, 2.24) is 10.6 Å². The molecule has 1 unspecified atom stereocenters. The number of hydrogen-bond donors (Lipinski definition) is 6. The molecular weight excluding hydrogens is 456 g/mol. The number of aliphatic hydroxyl groups excluding tert-OH is 1. The van der Waals surface area contributed by atoms with Gasteiger partial charge >= 0.3 is 0 Å². The minimum absolute atomic E-state index is 0.00433. The van der Waals surface area contributed by atoms with Crippen LogP contribution in [0.15, 0.2) is 60.7 Å². The molecule has 0 fully saturated rings. The number of rotatable bonds is 10. The SMILES string of the molecule is C[C@H](Cc1cccc(C(=O)NCCc2cc(Cl)ccc2O)c1)NCC(O)c1cc(O)cc(O)c1. The monoisotopic (exact) mass is 484 g/mol. The second kappa shape index (κ2) is 11.7. The molecule has 7 nitrogen and oxygen atoms in total. The molecule has 180 valence electrons. The van der Waals surface area contributed by atoms with E-state index in [0.717, 1.165) is 5.56 Å². The molecule has 0 aliphatic carbocycles. The summed E-state index contributed by atoms with van der Waals surface area (Å²) in [6.45, 7) is 2.56. The van der Waals surface area contributed by atoms with E-state index in [9.17, 15) is 25.2 Å². The molecule has 8 heteroatoms. The van der Waals surface area contributed by atoms with Gasteiger partial charge in [0.2, 0.25) is 0 Å². The molecule has 0 saturated carbocycles. The molecule has 2 atom stereocenters. The summed E-state index contributed by atoms with van der Waals surface area (Å²) in [6, 6.07) is 16.2. The van der Waals surface area contributed by atoms with E-state index in [1.165, 1.54) is 24.3 Å². The molecule has 0 bridgehead atoms. The van der Waals surface area contributed by atoms with Gasteiger partial charge in [0.15, 0.2) is 0 Å². The van der Waals surface area contributed by atoms with E-state index in [4.69, 9.17) is 11.6 Å². The van der Waals surface area contributed by atoms with Gasteiger partial charge in [0.25, 0.3) is 5.91 Å². The topological polar surface area (TPSA) is 122 Å². The summed E-state index contributed by atoms with van der Waals surface area (Å²) in [7, 11) is 0. The molecule has 0 aliphatic rings. The van der Waals surface area contributed by atoms with Gasteiger partial charge in [-0.05, 0) is 78.9 Å². The van der Waals surface area contributed by atoms with Crippen LogP contribution in [0.5, 0.6) is 17.2 Å².